The van der Waals surface area contributed by atoms with Crippen molar-refractivity contribution in [1.82, 2.24) is 0 Å². The number of allylic oxidation sites excluding steroid dienone is 1. The van der Waals surface area contributed by atoms with Gasteiger partial charge in [0.2, 0.25) is 0 Å². The summed E-state index contributed by atoms with van der Waals surface area (Å²) < 4.78 is 0. The first kappa shape index (κ1) is 17.1. The summed E-state index contributed by atoms with van der Waals surface area (Å²) in [6, 6.07) is 0. The molecule has 0 heterocycles. The van der Waals surface area contributed by atoms with E-state index >= 15 is 0 Å². The summed E-state index contributed by atoms with van der Waals surface area (Å²) in [5.74, 6) is 1.87. The summed E-state index contributed by atoms with van der Waals surface area (Å²) in [6.07, 6.45) is 9.51. The van der Waals surface area contributed by atoms with Crippen LogP contribution in [-0.2, 0) is 0 Å². The molecule has 3 N–H and O–H groups in total. The average molecular weight is 335 g/mol. The van der Waals surface area contributed by atoms with Gasteiger partial charge in [-0.2, -0.15) is 0 Å². The van der Waals surface area contributed by atoms with Gasteiger partial charge in [0.15, 0.2) is 0 Å². The minimum atomic E-state index is -0.914. The van der Waals surface area contributed by atoms with Gasteiger partial charge in [-0.15, -0.1) is 0 Å². The van der Waals surface area contributed by atoms with Crippen LogP contribution in [0, 0.1) is 28.6 Å². The second kappa shape index (κ2) is 5.31. The van der Waals surface area contributed by atoms with Gasteiger partial charge in [-0.1, -0.05) is 25.5 Å². The molecular weight excluding hydrogens is 300 g/mol. The molecule has 4 rings (SSSR count). The Hall–Kier alpha value is -0.380. The number of rotatable bonds is 1. The molecule has 0 aromatic carbocycles. The van der Waals surface area contributed by atoms with Crippen LogP contribution in [0.3, 0.4) is 0 Å². The highest BCUT2D eigenvalue weighted by molar-refractivity contribution is 5.26. The van der Waals surface area contributed by atoms with Crippen molar-refractivity contribution in [3.63, 3.8) is 0 Å². The van der Waals surface area contributed by atoms with E-state index < -0.39 is 11.7 Å². The van der Waals surface area contributed by atoms with E-state index in [1.54, 1.807) is 6.92 Å². The third-order valence-corrected chi connectivity index (χ3v) is 9.00. The lowest BCUT2D eigenvalue weighted by atomic mass is 9.46. The molecule has 0 spiro atoms. The standard InChI is InChI=1S/C21H34O3/c1-13(22)21(24)11-8-18-16-5-4-14-12-15(23)6-9-19(14,2)17(16)7-10-20(18,21)3/h12-13,15-18,22-24H,4-11H2,1-3H3/t13-,15+,16-,17+,18+,19+,20+,21+/m1/s1. The van der Waals surface area contributed by atoms with Crippen molar-refractivity contribution in [2.75, 3.05) is 0 Å². The molecule has 0 aliphatic heterocycles. The minimum Gasteiger partial charge on any atom is -0.390 e. The van der Waals surface area contributed by atoms with Crippen molar-refractivity contribution >= 4 is 0 Å². The first-order chi connectivity index (χ1) is 11.2. The zero-order valence-electron chi connectivity index (χ0n) is 15.5. The highest BCUT2D eigenvalue weighted by Gasteiger charge is 2.65. The van der Waals surface area contributed by atoms with Crippen LogP contribution in [0.5, 0.6) is 0 Å². The first-order valence-electron chi connectivity index (χ1n) is 10.0. The predicted octanol–water partition coefficient (Wildman–Crippen LogP) is 3.42. The Morgan fingerprint density at radius 2 is 1.75 bits per heavy atom. The summed E-state index contributed by atoms with van der Waals surface area (Å²) in [7, 11) is 0. The zero-order valence-corrected chi connectivity index (χ0v) is 15.5. The maximum absolute atomic E-state index is 11.3. The van der Waals surface area contributed by atoms with Gasteiger partial charge in [0.25, 0.3) is 0 Å². The molecule has 136 valence electrons. The normalized spacial score (nSPS) is 55.2. The minimum absolute atomic E-state index is 0.145. The maximum Gasteiger partial charge on any atom is 0.0958 e. The van der Waals surface area contributed by atoms with E-state index in [1.807, 2.05) is 0 Å². The summed E-state index contributed by atoms with van der Waals surface area (Å²) in [4.78, 5) is 0. The fourth-order valence-electron chi connectivity index (χ4n) is 7.45. The van der Waals surface area contributed by atoms with E-state index in [0.29, 0.717) is 17.8 Å². The zero-order chi connectivity index (χ0) is 17.3. The molecule has 3 nitrogen and oxygen atoms in total. The van der Waals surface area contributed by atoms with E-state index in [1.165, 1.54) is 12.0 Å². The Labute approximate surface area is 146 Å². The molecular formula is C21H34O3. The molecule has 3 saturated carbocycles. The molecule has 24 heavy (non-hydrogen) atoms. The molecule has 0 aromatic rings. The van der Waals surface area contributed by atoms with Gasteiger partial charge in [-0.25, -0.2) is 0 Å². The first-order valence-corrected chi connectivity index (χ1v) is 10.0. The third-order valence-electron chi connectivity index (χ3n) is 9.00. The molecule has 0 amide bonds. The number of aliphatic hydroxyl groups excluding tert-OH is 2. The van der Waals surface area contributed by atoms with E-state index in [-0.39, 0.29) is 16.9 Å². The number of fused-ring (bicyclic) bond motifs is 5. The Bertz CT molecular complexity index is 555. The number of aliphatic hydroxyl groups is 3. The Kier molecular flexibility index (Phi) is 3.77. The molecule has 4 aliphatic carbocycles. The molecule has 3 heteroatoms. The summed E-state index contributed by atoms with van der Waals surface area (Å²) in [6.45, 7) is 6.44. The van der Waals surface area contributed by atoms with Gasteiger partial charge in [-0.3, -0.25) is 0 Å². The molecule has 4 aliphatic rings. The van der Waals surface area contributed by atoms with Crippen molar-refractivity contribution in [3.05, 3.63) is 11.6 Å². The monoisotopic (exact) mass is 334 g/mol. The van der Waals surface area contributed by atoms with Crippen molar-refractivity contribution < 1.29 is 15.3 Å². The highest BCUT2D eigenvalue weighted by atomic mass is 16.3. The van der Waals surface area contributed by atoms with E-state index in [9.17, 15) is 15.3 Å². The van der Waals surface area contributed by atoms with Crippen molar-refractivity contribution in [3.8, 4) is 0 Å². The molecule has 0 bridgehead atoms. The summed E-state index contributed by atoms with van der Waals surface area (Å²) in [5, 5.41) is 31.6. The largest absolute Gasteiger partial charge is 0.390 e. The molecule has 8 atom stereocenters. The lowest BCUT2D eigenvalue weighted by Gasteiger charge is -2.59. The molecule has 0 saturated heterocycles. The second-order valence-electron chi connectivity index (χ2n) is 9.73. The molecule has 0 aromatic heterocycles. The van der Waals surface area contributed by atoms with Crippen LogP contribution >= 0.6 is 0 Å². The molecule has 0 radical (unpaired) electrons. The van der Waals surface area contributed by atoms with Gasteiger partial charge in [0.1, 0.15) is 0 Å². The third kappa shape index (κ3) is 2.01. The van der Waals surface area contributed by atoms with E-state index in [4.69, 9.17) is 0 Å². The average Bonchev–Trinajstić information content (AvgIpc) is 2.81. The van der Waals surface area contributed by atoms with Crippen molar-refractivity contribution in [2.45, 2.75) is 89.9 Å². The fraction of sp³-hybridized carbons (Fsp3) is 0.905. The van der Waals surface area contributed by atoms with Gasteiger partial charge in [0.05, 0.1) is 17.8 Å². The Balaban J connectivity index is 1.67. The fourth-order valence-corrected chi connectivity index (χ4v) is 7.45. The lowest BCUT2D eigenvalue weighted by molar-refractivity contribution is -0.172. The molecule has 0 unspecified atom stereocenters. The predicted molar refractivity (Wildman–Crippen MR) is 94.3 cm³/mol. The van der Waals surface area contributed by atoms with Gasteiger partial charge in [0, 0.05) is 5.41 Å². The van der Waals surface area contributed by atoms with Gasteiger partial charge in [-0.05, 0) is 81.5 Å². The topological polar surface area (TPSA) is 60.7 Å². The summed E-state index contributed by atoms with van der Waals surface area (Å²) in [5.41, 5.74) is 0.681. The lowest BCUT2D eigenvalue weighted by Crippen LogP contribution is -2.58. The van der Waals surface area contributed by atoms with Crippen LogP contribution in [-0.4, -0.2) is 33.1 Å². The quantitative estimate of drug-likeness (QED) is 0.644. The van der Waals surface area contributed by atoms with E-state index in [2.05, 4.69) is 19.9 Å². The Morgan fingerprint density at radius 3 is 2.46 bits per heavy atom. The SMILES string of the molecule is C[C@@H](O)[C@@]1(O)CC[C@H]2[C@@H]3CCC4=C[C@@H](O)CC[C@]4(C)[C@H]3CC[C@@]21C. The number of hydrogen-bond acceptors (Lipinski definition) is 3. The Morgan fingerprint density at radius 1 is 1.04 bits per heavy atom. The van der Waals surface area contributed by atoms with Crippen LogP contribution in [0.15, 0.2) is 11.6 Å². The van der Waals surface area contributed by atoms with Crippen molar-refractivity contribution in [1.29, 1.82) is 0 Å². The maximum atomic E-state index is 11.3. The van der Waals surface area contributed by atoms with Crippen molar-refractivity contribution in [2.24, 2.45) is 28.6 Å². The smallest absolute Gasteiger partial charge is 0.0958 e. The summed E-state index contributed by atoms with van der Waals surface area (Å²) >= 11 is 0. The van der Waals surface area contributed by atoms with Crippen LogP contribution in [0.4, 0.5) is 0 Å². The van der Waals surface area contributed by atoms with Crippen LogP contribution in [0.2, 0.25) is 0 Å². The van der Waals surface area contributed by atoms with Crippen LogP contribution < -0.4 is 0 Å². The van der Waals surface area contributed by atoms with E-state index in [0.717, 1.165) is 44.9 Å². The van der Waals surface area contributed by atoms with Crippen LogP contribution in [0.1, 0.15) is 72.1 Å². The van der Waals surface area contributed by atoms with Crippen LogP contribution in [0.25, 0.3) is 0 Å². The van der Waals surface area contributed by atoms with Gasteiger partial charge >= 0.3 is 0 Å². The number of hydrogen-bond donors (Lipinski definition) is 3. The second-order valence-corrected chi connectivity index (χ2v) is 9.73. The molecule has 3 fully saturated rings. The van der Waals surface area contributed by atoms with Gasteiger partial charge < -0.3 is 15.3 Å². The highest BCUT2D eigenvalue weighted by Crippen LogP contribution is 2.68.